The number of carbonyl (C=O) groups excluding carboxylic acids is 2. The molecule has 166 valence electrons. The average Bonchev–Trinajstić information content (AvgIpc) is 3.21. The van der Waals surface area contributed by atoms with Gasteiger partial charge in [-0.1, -0.05) is 42.5 Å². The molecule has 2 heterocycles. The van der Waals surface area contributed by atoms with Gasteiger partial charge in [0.25, 0.3) is 0 Å². The van der Waals surface area contributed by atoms with Gasteiger partial charge < -0.3 is 10.2 Å². The lowest BCUT2D eigenvalue weighted by atomic mass is 9.87. The molecule has 1 saturated heterocycles. The Bertz CT molecular complexity index is 1110. The van der Waals surface area contributed by atoms with Gasteiger partial charge in [0.1, 0.15) is 0 Å². The summed E-state index contributed by atoms with van der Waals surface area (Å²) in [7, 11) is 3.66. The van der Waals surface area contributed by atoms with Crippen LogP contribution in [0.1, 0.15) is 29.5 Å². The van der Waals surface area contributed by atoms with Crippen LogP contribution in [-0.2, 0) is 22.7 Å². The van der Waals surface area contributed by atoms with Crippen molar-refractivity contribution in [2.75, 3.05) is 27.2 Å². The van der Waals surface area contributed by atoms with Crippen molar-refractivity contribution in [1.29, 1.82) is 0 Å². The van der Waals surface area contributed by atoms with Crippen molar-refractivity contribution in [3.63, 3.8) is 0 Å². The molecule has 6 nitrogen and oxygen atoms in total. The Hall–Kier alpha value is -3.25. The van der Waals surface area contributed by atoms with E-state index in [2.05, 4.69) is 39.5 Å². The summed E-state index contributed by atoms with van der Waals surface area (Å²) in [6.07, 6.45) is 1.86. The summed E-state index contributed by atoms with van der Waals surface area (Å²) in [6.45, 7) is 4.38. The minimum absolute atomic E-state index is 0.0409. The molecule has 1 aromatic heterocycles. The smallest absolute Gasteiger partial charge is 0.227 e. The van der Waals surface area contributed by atoms with Crippen molar-refractivity contribution in [3.8, 4) is 0 Å². The second kappa shape index (κ2) is 9.49. The van der Waals surface area contributed by atoms with Gasteiger partial charge >= 0.3 is 0 Å². The maximum absolute atomic E-state index is 13.0. The number of amides is 2. The summed E-state index contributed by atoms with van der Waals surface area (Å²) >= 11 is 0. The number of likely N-dealkylation sites (tertiary alicyclic amines) is 1. The molecular formula is C26H30N4O2. The fourth-order valence-electron chi connectivity index (χ4n) is 4.58. The molecule has 3 aromatic rings. The van der Waals surface area contributed by atoms with Crippen LogP contribution in [0.4, 0.5) is 0 Å². The maximum Gasteiger partial charge on any atom is 0.227 e. The van der Waals surface area contributed by atoms with E-state index in [0.717, 1.165) is 36.1 Å². The zero-order valence-corrected chi connectivity index (χ0v) is 18.9. The first-order valence-corrected chi connectivity index (χ1v) is 11.0. The third-order valence-corrected chi connectivity index (χ3v) is 6.24. The molecular weight excluding hydrogens is 400 g/mol. The molecule has 0 spiro atoms. The number of carbonyl (C=O) groups is 2. The number of para-hydroxylation sites is 1. The number of pyridine rings is 1. The van der Waals surface area contributed by atoms with Crippen LogP contribution in [0.2, 0.25) is 0 Å². The molecule has 2 aromatic carbocycles. The summed E-state index contributed by atoms with van der Waals surface area (Å²) in [5.41, 5.74) is 4.45. The van der Waals surface area contributed by atoms with Gasteiger partial charge in [-0.2, -0.15) is 0 Å². The average molecular weight is 431 g/mol. The Morgan fingerprint density at radius 1 is 1.06 bits per heavy atom. The van der Waals surface area contributed by atoms with Crippen LogP contribution >= 0.6 is 0 Å². The van der Waals surface area contributed by atoms with E-state index in [-0.39, 0.29) is 23.7 Å². The van der Waals surface area contributed by atoms with E-state index < -0.39 is 0 Å². The molecule has 1 fully saturated rings. The highest BCUT2D eigenvalue weighted by Gasteiger charge is 2.39. The quantitative estimate of drug-likeness (QED) is 0.652. The van der Waals surface area contributed by atoms with E-state index >= 15 is 0 Å². The van der Waals surface area contributed by atoms with Crippen molar-refractivity contribution in [2.45, 2.75) is 25.9 Å². The van der Waals surface area contributed by atoms with Crippen LogP contribution in [0.25, 0.3) is 10.9 Å². The number of rotatable bonds is 6. The van der Waals surface area contributed by atoms with Crippen LogP contribution in [0, 0.1) is 5.92 Å². The molecule has 1 N–H and O–H groups in total. The van der Waals surface area contributed by atoms with Gasteiger partial charge in [0, 0.05) is 64.7 Å². The van der Waals surface area contributed by atoms with Crippen molar-refractivity contribution in [1.82, 2.24) is 20.1 Å². The Labute approximate surface area is 189 Å². The van der Waals surface area contributed by atoms with Gasteiger partial charge in [0.2, 0.25) is 11.8 Å². The monoisotopic (exact) mass is 430 g/mol. The number of hydrogen-bond donors (Lipinski definition) is 1. The van der Waals surface area contributed by atoms with Crippen LogP contribution in [0.3, 0.4) is 0 Å². The van der Waals surface area contributed by atoms with Gasteiger partial charge in [-0.15, -0.1) is 0 Å². The van der Waals surface area contributed by atoms with E-state index in [0.29, 0.717) is 6.54 Å². The first-order chi connectivity index (χ1) is 15.4. The number of aromatic nitrogens is 1. The summed E-state index contributed by atoms with van der Waals surface area (Å²) in [5, 5.41) is 3.99. The highest BCUT2D eigenvalue weighted by Crippen LogP contribution is 2.35. The summed E-state index contributed by atoms with van der Waals surface area (Å²) in [4.78, 5) is 32.8. The molecule has 6 heteroatoms. The SMILES string of the molecule is CC(=O)NCc1ccc([C@H]2CN(Cc3ccnc4ccccc34)C[C@@H]2C(=O)N(C)C)cc1. The zero-order chi connectivity index (χ0) is 22.7. The topological polar surface area (TPSA) is 65.5 Å². The second-order valence-electron chi connectivity index (χ2n) is 8.78. The lowest BCUT2D eigenvalue weighted by Gasteiger charge is -2.22. The lowest BCUT2D eigenvalue weighted by molar-refractivity contribution is -0.133. The summed E-state index contributed by atoms with van der Waals surface area (Å²) in [5.74, 6) is 0.173. The fourth-order valence-corrected chi connectivity index (χ4v) is 4.58. The molecule has 0 radical (unpaired) electrons. The highest BCUT2D eigenvalue weighted by molar-refractivity contribution is 5.82. The third-order valence-electron chi connectivity index (χ3n) is 6.24. The van der Waals surface area contributed by atoms with Gasteiger partial charge in [-0.05, 0) is 28.8 Å². The highest BCUT2D eigenvalue weighted by atomic mass is 16.2. The molecule has 2 atom stereocenters. The molecule has 32 heavy (non-hydrogen) atoms. The molecule has 0 saturated carbocycles. The first kappa shape index (κ1) is 22.0. The van der Waals surface area contributed by atoms with Gasteiger partial charge in [0.15, 0.2) is 0 Å². The number of nitrogens with one attached hydrogen (secondary N) is 1. The van der Waals surface area contributed by atoms with Crippen LogP contribution < -0.4 is 5.32 Å². The molecule has 2 amide bonds. The summed E-state index contributed by atoms with van der Waals surface area (Å²) in [6, 6.07) is 18.6. The van der Waals surface area contributed by atoms with E-state index in [4.69, 9.17) is 0 Å². The zero-order valence-electron chi connectivity index (χ0n) is 18.9. The molecule has 1 aliphatic heterocycles. The number of fused-ring (bicyclic) bond motifs is 1. The number of benzene rings is 2. The number of nitrogens with zero attached hydrogens (tertiary/aromatic N) is 3. The minimum Gasteiger partial charge on any atom is -0.352 e. The van der Waals surface area contributed by atoms with Crippen LogP contribution in [-0.4, -0.2) is 53.8 Å². The Balaban J connectivity index is 1.56. The molecule has 4 rings (SSSR count). The Morgan fingerprint density at radius 3 is 2.53 bits per heavy atom. The molecule has 0 aliphatic carbocycles. The standard InChI is InChI=1S/C26H30N4O2/c1-18(31)28-14-19-8-10-20(11-9-19)23-16-30(17-24(23)26(32)29(2)3)15-21-12-13-27-25-7-5-4-6-22(21)25/h4-13,23-24H,14-17H2,1-3H3,(H,28,31)/t23-,24+/m1/s1. The minimum atomic E-state index is -0.0840. The maximum atomic E-state index is 13.0. The van der Waals surface area contributed by atoms with Crippen LogP contribution in [0.15, 0.2) is 60.8 Å². The van der Waals surface area contributed by atoms with Crippen molar-refractivity contribution >= 4 is 22.7 Å². The largest absolute Gasteiger partial charge is 0.352 e. The normalized spacial score (nSPS) is 18.6. The van der Waals surface area contributed by atoms with Gasteiger partial charge in [-0.3, -0.25) is 19.5 Å². The molecule has 1 aliphatic rings. The molecule has 0 unspecified atom stereocenters. The lowest BCUT2D eigenvalue weighted by Crippen LogP contribution is -2.33. The van der Waals surface area contributed by atoms with E-state index in [1.54, 1.807) is 4.90 Å². The number of hydrogen-bond acceptors (Lipinski definition) is 4. The Morgan fingerprint density at radius 2 is 1.81 bits per heavy atom. The fraction of sp³-hybridized carbons (Fsp3) is 0.346. The van der Waals surface area contributed by atoms with Crippen molar-refractivity contribution in [3.05, 3.63) is 77.5 Å². The second-order valence-corrected chi connectivity index (χ2v) is 8.78. The van der Waals surface area contributed by atoms with E-state index in [1.165, 1.54) is 18.1 Å². The van der Waals surface area contributed by atoms with Crippen molar-refractivity contribution < 1.29 is 9.59 Å². The first-order valence-electron chi connectivity index (χ1n) is 11.0. The third kappa shape index (κ3) is 4.81. The molecule has 0 bridgehead atoms. The van der Waals surface area contributed by atoms with Crippen LogP contribution in [0.5, 0.6) is 0 Å². The van der Waals surface area contributed by atoms with Crippen molar-refractivity contribution in [2.24, 2.45) is 5.92 Å². The Kier molecular flexibility index (Phi) is 6.51. The van der Waals surface area contributed by atoms with Gasteiger partial charge in [-0.25, -0.2) is 0 Å². The van der Waals surface area contributed by atoms with E-state index in [1.807, 2.05) is 50.6 Å². The summed E-state index contributed by atoms with van der Waals surface area (Å²) < 4.78 is 0. The predicted molar refractivity (Wildman–Crippen MR) is 126 cm³/mol. The predicted octanol–water partition coefficient (Wildman–Crippen LogP) is 3.17. The van der Waals surface area contributed by atoms with Gasteiger partial charge in [0.05, 0.1) is 11.4 Å². The van der Waals surface area contributed by atoms with E-state index in [9.17, 15) is 9.59 Å².